The first-order valence-electron chi connectivity index (χ1n) is 6.76. The Bertz CT molecular complexity index is 566. The van der Waals surface area contributed by atoms with Gasteiger partial charge in [-0.25, -0.2) is 0 Å². The van der Waals surface area contributed by atoms with Crippen LogP contribution in [0.1, 0.15) is 29.7 Å². The van der Waals surface area contributed by atoms with Crippen molar-refractivity contribution in [1.82, 2.24) is 5.32 Å². The first-order valence-corrected chi connectivity index (χ1v) is 7.98. The molecule has 0 saturated heterocycles. The van der Waals surface area contributed by atoms with E-state index in [1.165, 1.54) is 10.5 Å². The standard InChI is InChI=1S/C17H21NOS/c1-12-4-9-17(19)15(10-12)11-18-13(2)14-5-7-16(20-3)8-6-14/h4-10,13,18-19H,11H2,1-3H3. The molecule has 0 aliphatic carbocycles. The van der Waals surface area contributed by atoms with Crippen LogP contribution < -0.4 is 5.32 Å². The average molecular weight is 287 g/mol. The Labute approximate surface area is 125 Å². The minimum Gasteiger partial charge on any atom is -0.508 e. The van der Waals surface area contributed by atoms with Crippen LogP contribution in [0.5, 0.6) is 5.75 Å². The van der Waals surface area contributed by atoms with E-state index in [4.69, 9.17) is 0 Å². The molecule has 2 aromatic carbocycles. The molecule has 0 bridgehead atoms. The van der Waals surface area contributed by atoms with Crippen molar-refractivity contribution in [3.8, 4) is 5.75 Å². The Kier molecular flexibility index (Phi) is 5.10. The maximum atomic E-state index is 9.84. The Morgan fingerprint density at radius 2 is 1.85 bits per heavy atom. The van der Waals surface area contributed by atoms with Crippen LogP contribution >= 0.6 is 11.8 Å². The molecule has 0 saturated carbocycles. The molecule has 1 atom stereocenters. The lowest BCUT2D eigenvalue weighted by Gasteiger charge is -2.15. The molecule has 0 amide bonds. The highest BCUT2D eigenvalue weighted by Gasteiger charge is 2.07. The Balaban J connectivity index is 2.00. The van der Waals surface area contributed by atoms with Gasteiger partial charge < -0.3 is 10.4 Å². The summed E-state index contributed by atoms with van der Waals surface area (Å²) >= 11 is 1.75. The van der Waals surface area contributed by atoms with Gasteiger partial charge in [0.15, 0.2) is 0 Å². The van der Waals surface area contributed by atoms with Gasteiger partial charge in [-0.05, 0) is 43.9 Å². The number of aryl methyl sites for hydroxylation is 1. The number of phenolic OH excluding ortho intramolecular Hbond substituents is 1. The maximum absolute atomic E-state index is 9.84. The summed E-state index contributed by atoms with van der Waals surface area (Å²) in [4.78, 5) is 1.28. The first kappa shape index (κ1) is 14.9. The second-order valence-corrected chi connectivity index (χ2v) is 5.89. The van der Waals surface area contributed by atoms with Crippen LogP contribution in [0.4, 0.5) is 0 Å². The van der Waals surface area contributed by atoms with E-state index in [1.807, 2.05) is 19.1 Å². The van der Waals surface area contributed by atoms with Crippen LogP contribution in [0.2, 0.25) is 0 Å². The van der Waals surface area contributed by atoms with Crippen molar-refractivity contribution in [3.63, 3.8) is 0 Å². The fourth-order valence-corrected chi connectivity index (χ4v) is 2.54. The zero-order chi connectivity index (χ0) is 14.5. The fraction of sp³-hybridized carbons (Fsp3) is 0.294. The SMILES string of the molecule is CSc1ccc(C(C)NCc2cc(C)ccc2O)cc1. The van der Waals surface area contributed by atoms with E-state index in [0.717, 1.165) is 11.1 Å². The first-order chi connectivity index (χ1) is 9.60. The number of thioether (sulfide) groups is 1. The smallest absolute Gasteiger partial charge is 0.120 e. The van der Waals surface area contributed by atoms with E-state index >= 15 is 0 Å². The summed E-state index contributed by atoms with van der Waals surface area (Å²) in [5, 5.41) is 13.3. The molecule has 0 aromatic heterocycles. The molecular weight excluding hydrogens is 266 g/mol. The van der Waals surface area contributed by atoms with Gasteiger partial charge in [-0.2, -0.15) is 0 Å². The van der Waals surface area contributed by atoms with Gasteiger partial charge in [0.1, 0.15) is 5.75 Å². The van der Waals surface area contributed by atoms with Crippen LogP contribution in [-0.2, 0) is 6.54 Å². The second kappa shape index (κ2) is 6.82. The fourth-order valence-electron chi connectivity index (χ4n) is 2.13. The van der Waals surface area contributed by atoms with E-state index in [2.05, 4.69) is 42.8 Å². The number of nitrogens with one attached hydrogen (secondary N) is 1. The highest BCUT2D eigenvalue weighted by atomic mass is 32.2. The van der Waals surface area contributed by atoms with Crippen molar-refractivity contribution < 1.29 is 5.11 Å². The lowest BCUT2D eigenvalue weighted by Crippen LogP contribution is -2.18. The monoisotopic (exact) mass is 287 g/mol. The highest BCUT2D eigenvalue weighted by Crippen LogP contribution is 2.21. The van der Waals surface area contributed by atoms with Crippen molar-refractivity contribution in [2.24, 2.45) is 0 Å². The van der Waals surface area contributed by atoms with Crippen molar-refractivity contribution >= 4 is 11.8 Å². The number of hydrogen-bond donors (Lipinski definition) is 2. The normalized spacial score (nSPS) is 12.3. The quantitative estimate of drug-likeness (QED) is 0.805. The van der Waals surface area contributed by atoms with E-state index in [-0.39, 0.29) is 6.04 Å². The number of hydrogen-bond acceptors (Lipinski definition) is 3. The third kappa shape index (κ3) is 3.78. The summed E-state index contributed by atoms with van der Waals surface area (Å²) in [6.45, 7) is 4.84. The van der Waals surface area contributed by atoms with Gasteiger partial charge in [0.25, 0.3) is 0 Å². The van der Waals surface area contributed by atoms with Gasteiger partial charge in [-0.3, -0.25) is 0 Å². The molecule has 106 valence electrons. The van der Waals surface area contributed by atoms with E-state index in [0.29, 0.717) is 12.3 Å². The molecule has 2 nitrogen and oxygen atoms in total. The van der Waals surface area contributed by atoms with Gasteiger partial charge in [0.05, 0.1) is 0 Å². The van der Waals surface area contributed by atoms with Gasteiger partial charge >= 0.3 is 0 Å². The largest absolute Gasteiger partial charge is 0.508 e. The van der Waals surface area contributed by atoms with Gasteiger partial charge in [-0.15, -0.1) is 11.8 Å². The third-order valence-corrected chi connectivity index (χ3v) is 4.19. The molecule has 2 rings (SSSR count). The Morgan fingerprint density at radius 3 is 2.50 bits per heavy atom. The zero-order valence-corrected chi connectivity index (χ0v) is 13.0. The molecule has 0 heterocycles. The van der Waals surface area contributed by atoms with E-state index in [1.54, 1.807) is 17.8 Å². The minimum absolute atomic E-state index is 0.255. The molecule has 2 aromatic rings. The second-order valence-electron chi connectivity index (χ2n) is 5.01. The van der Waals surface area contributed by atoms with E-state index < -0.39 is 0 Å². The zero-order valence-electron chi connectivity index (χ0n) is 12.2. The van der Waals surface area contributed by atoms with Crippen LogP contribution in [0.15, 0.2) is 47.4 Å². The maximum Gasteiger partial charge on any atom is 0.120 e. The predicted octanol–water partition coefficient (Wildman–Crippen LogP) is 4.27. The number of rotatable bonds is 5. The summed E-state index contributed by atoms with van der Waals surface area (Å²) in [6.07, 6.45) is 2.08. The van der Waals surface area contributed by atoms with Crippen molar-refractivity contribution in [3.05, 3.63) is 59.2 Å². The van der Waals surface area contributed by atoms with Crippen molar-refractivity contribution in [2.75, 3.05) is 6.26 Å². The van der Waals surface area contributed by atoms with E-state index in [9.17, 15) is 5.11 Å². The van der Waals surface area contributed by atoms with Crippen molar-refractivity contribution in [1.29, 1.82) is 0 Å². The van der Waals surface area contributed by atoms with Crippen molar-refractivity contribution in [2.45, 2.75) is 31.3 Å². The highest BCUT2D eigenvalue weighted by molar-refractivity contribution is 7.98. The Hall–Kier alpha value is -1.45. The molecule has 0 fully saturated rings. The molecule has 0 spiro atoms. The van der Waals surface area contributed by atoms with Gasteiger partial charge in [0, 0.05) is 23.0 Å². The minimum atomic E-state index is 0.255. The molecule has 20 heavy (non-hydrogen) atoms. The number of phenols is 1. The van der Waals surface area contributed by atoms with Crippen LogP contribution in [-0.4, -0.2) is 11.4 Å². The molecule has 1 unspecified atom stereocenters. The topological polar surface area (TPSA) is 32.3 Å². The molecule has 0 aliphatic heterocycles. The molecule has 0 aliphatic rings. The summed E-state index contributed by atoms with van der Waals surface area (Å²) in [7, 11) is 0. The van der Waals surface area contributed by atoms with Crippen LogP contribution in [0, 0.1) is 6.92 Å². The molecular formula is C17H21NOS. The Morgan fingerprint density at radius 1 is 1.15 bits per heavy atom. The summed E-state index contributed by atoms with van der Waals surface area (Å²) in [5.74, 6) is 0.355. The lowest BCUT2D eigenvalue weighted by atomic mass is 10.1. The molecule has 3 heteroatoms. The summed E-state index contributed by atoms with van der Waals surface area (Å²) < 4.78 is 0. The predicted molar refractivity (Wildman–Crippen MR) is 86.3 cm³/mol. The number of benzene rings is 2. The summed E-state index contributed by atoms with van der Waals surface area (Å²) in [6, 6.07) is 14.5. The van der Waals surface area contributed by atoms with Crippen LogP contribution in [0.3, 0.4) is 0 Å². The molecule has 0 radical (unpaired) electrons. The summed E-state index contributed by atoms with van der Waals surface area (Å²) in [5.41, 5.74) is 3.36. The van der Waals surface area contributed by atoms with Gasteiger partial charge in [-0.1, -0.05) is 29.8 Å². The molecule has 2 N–H and O–H groups in total. The van der Waals surface area contributed by atoms with Crippen LogP contribution in [0.25, 0.3) is 0 Å². The lowest BCUT2D eigenvalue weighted by molar-refractivity contribution is 0.460. The third-order valence-electron chi connectivity index (χ3n) is 3.45. The average Bonchev–Trinajstić information content (AvgIpc) is 2.48. The number of aromatic hydroxyl groups is 1. The van der Waals surface area contributed by atoms with Gasteiger partial charge in [0.2, 0.25) is 0 Å².